The fourth-order valence-corrected chi connectivity index (χ4v) is 5.12. The highest BCUT2D eigenvalue weighted by Gasteiger charge is 2.21. The molecule has 2 aromatic heterocycles. The SMILES string of the molecule is CS(=O)(=O)CCCOc1cccc2c1ccn2-c1ccnc(N[C@H]2CC[C@H](CCl)CC2)n1. The van der Waals surface area contributed by atoms with E-state index in [4.69, 9.17) is 21.3 Å². The molecule has 1 saturated carbocycles. The second-order valence-corrected chi connectivity index (χ2v) is 11.0. The third kappa shape index (κ3) is 5.72. The third-order valence-corrected chi connectivity index (χ3v) is 7.36. The van der Waals surface area contributed by atoms with Gasteiger partial charge in [0.25, 0.3) is 0 Å². The highest BCUT2D eigenvalue weighted by atomic mass is 35.5. The van der Waals surface area contributed by atoms with E-state index in [1.807, 2.05) is 41.1 Å². The molecule has 0 radical (unpaired) electrons. The van der Waals surface area contributed by atoms with Gasteiger partial charge in [0.15, 0.2) is 0 Å². The number of halogens is 1. The number of fused-ring (bicyclic) bond motifs is 1. The third-order valence-electron chi connectivity index (χ3n) is 5.90. The van der Waals surface area contributed by atoms with E-state index in [0.717, 1.165) is 54.0 Å². The zero-order chi connectivity index (χ0) is 22.6. The van der Waals surface area contributed by atoms with Gasteiger partial charge in [-0.15, -0.1) is 11.6 Å². The first-order valence-corrected chi connectivity index (χ1v) is 13.6. The van der Waals surface area contributed by atoms with E-state index < -0.39 is 9.84 Å². The number of nitrogens with one attached hydrogen (secondary N) is 1. The second kappa shape index (κ2) is 10.1. The molecule has 4 rings (SSSR count). The van der Waals surface area contributed by atoms with E-state index in [0.29, 0.717) is 30.9 Å². The molecule has 32 heavy (non-hydrogen) atoms. The number of benzene rings is 1. The Bertz CT molecular complexity index is 1160. The summed E-state index contributed by atoms with van der Waals surface area (Å²) >= 11 is 6.00. The summed E-state index contributed by atoms with van der Waals surface area (Å²) in [6.45, 7) is 0.352. The van der Waals surface area contributed by atoms with Crippen LogP contribution in [-0.4, -0.2) is 53.5 Å². The van der Waals surface area contributed by atoms with Gasteiger partial charge < -0.3 is 14.6 Å². The van der Waals surface area contributed by atoms with Crippen LogP contribution in [0.5, 0.6) is 5.75 Å². The van der Waals surface area contributed by atoms with Gasteiger partial charge >= 0.3 is 0 Å². The number of aromatic nitrogens is 3. The molecule has 2 heterocycles. The van der Waals surface area contributed by atoms with E-state index in [2.05, 4.69) is 10.3 Å². The molecule has 0 amide bonds. The molecule has 7 nitrogen and oxygen atoms in total. The van der Waals surface area contributed by atoms with E-state index in [9.17, 15) is 8.42 Å². The van der Waals surface area contributed by atoms with Gasteiger partial charge in [-0.25, -0.2) is 13.4 Å². The van der Waals surface area contributed by atoms with Crippen molar-refractivity contribution >= 4 is 38.3 Å². The predicted molar refractivity (Wildman–Crippen MR) is 129 cm³/mol. The molecule has 0 atom stereocenters. The van der Waals surface area contributed by atoms with Crippen molar-refractivity contribution in [3.05, 3.63) is 42.7 Å². The van der Waals surface area contributed by atoms with Gasteiger partial charge in [-0.2, -0.15) is 4.98 Å². The maximum Gasteiger partial charge on any atom is 0.224 e. The first kappa shape index (κ1) is 22.9. The van der Waals surface area contributed by atoms with Crippen LogP contribution in [0.3, 0.4) is 0 Å². The Kier molecular flexibility index (Phi) is 7.20. The number of nitrogens with zero attached hydrogens (tertiary/aromatic N) is 3. The fourth-order valence-electron chi connectivity index (χ4n) is 4.16. The molecule has 1 aliphatic rings. The standard InChI is InChI=1S/C23H29ClN4O3S/c1-32(29,30)15-3-14-31-21-5-2-4-20-19(21)11-13-28(20)22-10-12-25-23(27-22)26-18-8-6-17(16-24)7-9-18/h2,4-5,10-13,17-18H,3,6-9,14-16H2,1H3,(H,25,26,27)/t17-,18-. The lowest BCUT2D eigenvalue weighted by molar-refractivity contribution is 0.321. The van der Waals surface area contributed by atoms with E-state index >= 15 is 0 Å². The first-order chi connectivity index (χ1) is 15.4. The molecule has 1 aromatic carbocycles. The van der Waals surface area contributed by atoms with Gasteiger partial charge in [-0.1, -0.05) is 6.07 Å². The summed E-state index contributed by atoms with van der Waals surface area (Å²) < 4.78 is 30.5. The molecule has 1 aliphatic carbocycles. The minimum Gasteiger partial charge on any atom is -0.493 e. The van der Waals surface area contributed by atoms with Crippen molar-refractivity contribution in [2.75, 3.05) is 29.8 Å². The van der Waals surface area contributed by atoms with E-state index in [1.165, 1.54) is 6.26 Å². The van der Waals surface area contributed by atoms with Crippen LogP contribution in [0, 0.1) is 5.92 Å². The van der Waals surface area contributed by atoms with Gasteiger partial charge in [-0.3, -0.25) is 0 Å². The Morgan fingerprint density at radius 2 is 2.00 bits per heavy atom. The molecule has 0 aliphatic heterocycles. The summed E-state index contributed by atoms with van der Waals surface area (Å²) in [4.78, 5) is 9.15. The largest absolute Gasteiger partial charge is 0.493 e. The summed E-state index contributed by atoms with van der Waals surface area (Å²) in [5, 5.41) is 4.44. The molecule has 9 heteroatoms. The predicted octanol–water partition coefficient (Wildman–Crippen LogP) is 4.44. The van der Waals surface area contributed by atoms with Crippen LogP contribution in [-0.2, 0) is 9.84 Å². The lowest BCUT2D eigenvalue weighted by atomic mass is 9.87. The normalized spacial score (nSPS) is 19.2. The van der Waals surface area contributed by atoms with Crippen LogP contribution < -0.4 is 10.1 Å². The molecule has 0 saturated heterocycles. The average Bonchev–Trinajstić information content (AvgIpc) is 3.22. The summed E-state index contributed by atoms with van der Waals surface area (Å²) in [6.07, 6.45) is 9.87. The number of rotatable bonds is 9. The fraction of sp³-hybridized carbons (Fsp3) is 0.478. The molecular formula is C23H29ClN4O3S. The number of ether oxygens (including phenoxy) is 1. The minimum absolute atomic E-state index is 0.119. The Hall–Kier alpha value is -2.32. The summed E-state index contributed by atoms with van der Waals surface area (Å²) in [5.41, 5.74) is 0.970. The van der Waals surface area contributed by atoms with Gasteiger partial charge in [0.2, 0.25) is 5.95 Å². The topological polar surface area (TPSA) is 86.1 Å². The zero-order valence-corrected chi connectivity index (χ0v) is 19.8. The maximum atomic E-state index is 11.3. The van der Waals surface area contributed by atoms with Crippen molar-refractivity contribution in [3.63, 3.8) is 0 Å². The smallest absolute Gasteiger partial charge is 0.224 e. The summed E-state index contributed by atoms with van der Waals surface area (Å²) in [6, 6.07) is 10.1. The quantitative estimate of drug-likeness (QED) is 0.363. The van der Waals surface area contributed by atoms with Crippen molar-refractivity contribution in [1.82, 2.24) is 14.5 Å². The molecule has 1 fully saturated rings. The second-order valence-electron chi connectivity index (χ2n) is 8.46. The van der Waals surface area contributed by atoms with Crippen molar-refractivity contribution < 1.29 is 13.2 Å². The van der Waals surface area contributed by atoms with Crippen LogP contribution in [0.4, 0.5) is 5.95 Å². The van der Waals surface area contributed by atoms with Crippen LogP contribution in [0.25, 0.3) is 16.7 Å². The number of hydrogen-bond acceptors (Lipinski definition) is 6. The number of anilines is 1. The van der Waals surface area contributed by atoms with Gasteiger partial charge in [0.1, 0.15) is 21.4 Å². The highest BCUT2D eigenvalue weighted by Crippen LogP contribution is 2.29. The maximum absolute atomic E-state index is 11.3. The molecule has 0 unspecified atom stereocenters. The van der Waals surface area contributed by atoms with Crippen molar-refractivity contribution in [1.29, 1.82) is 0 Å². The molecular weight excluding hydrogens is 448 g/mol. The first-order valence-electron chi connectivity index (χ1n) is 11.0. The summed E-state index contributed by atoms with van der Waals surface area (Å²) in [7, 11) is -2.98. The molecule has 0 spiro atoms. The van der Waals surface area contributed by atoms with Crippen molar-refractivity contribution in [2.45, 2.75) is 38.1 Å². The Morgan fingerprint density at radius 1 is 1.19 bits per heavy atom. The van der Waals surface area contributed by atoms with Gasteiger partial charge in [0, 0.05) is 36.0 Å². The number of hydrogen-bond donors (Lipinski definition) is 1. The lowest BCUT2D eigenvalue weighted by Gasteiger charge is -2.27. The highest BCUT2D eigenvalue weighted by molar-refractivity contribution is 7.90. The van der Waals surface area contributed by atoms with Crippen molar-refractivity contribution in [3.8, 4) is 11.6 Å². The Labute approximate surface area is 194 Å². The number of sulfone groups is 1. The van der Waals surface area contributed by atoms with Crippen LogP contribution in [0.15, 0.2) is 42.7 Å². The molecule has 1 N–H and O–H groups in total. The molecule has 0 bridgehead atoms. The molecule has 172 valence electrons. The van der Waals surface area contributed by atoms with Crippen LogP contribution in [0.2, 0.25) is 0 Å². The van der Waals surface area contributed by atoms with Gasteiger partial charge in [-0.05, 0) is 62.3 Å². The number of alkyl halides is 1. The van der Waals surface area contributed by atoms with E-state index in [1.54, 1.807) is 6.20 Å². The molecule has 3 aromatic rings. The Morgan fingerprint density at radius 3 is 2.75 bits per heavy atom. The monoisotopic (exact) mass is 476 g/mol. The van der Waals surface area contributed by atoms with Crippen molar-refractivity contribution in [2.24, 2.45) is 5.92 Å². The Balaban J connectivity index is 1.47. The lowest BCUT2D eigenvalue weighted by Crippen LogP contribution is -2.27. The van der Waals surface area contributed by atoms with Crippen LogP contribution >= 0.6 is 11.6 Å². The average molecular weight is 477 g/mol. The summed E-state index contributed by atoms with van der Waals surface area (Å²) in [5.74, 6) is 3.62. The minimum atomic E-state index is -2.98. The zero-order valence-electron chi connectivity index (χ0n) is 18.2. The van der Waals surface area contributed by atoms with E-state index in [-0.39, 0.29) is 5.75 Å². The van der Waals surface area contributed by atoms with Gasteiger partial charge in [0.05, 0.1) is 17.9 Å². The van der Waals surface area contributed by atoms with Crippen LogP contribution in [0.1, 0.15) is 32.1 Å².